The third kappa shape index (κ3) is 15.0. The zero-order valence-electron chi connectivity index (χ0n) is 16.5. The van der Waals surface area contributed by atoms with Gasteiger partial charge in [-0.25, -0.2) is 0 Å². The summed E-state index contributed by atoms with van der Waals surface area (Å²) in [7, 11) is 0. The second kappa shape index (κ2) is 13.1. The van der Waals surface area contributed by atoms with Crippen LogP contribution >= 0.6 is 0 Å². The van der Waals surface area contributed by atoms with Gasteiger partial charge in [-0.15, -0.1) is 6.58 Å². The molecule has 0 nitrogen and oxygen atoms in total. The summed E-state index contributed by atoms with van der Waals surface area (Å²) in [5.41, 5.74) is 2.22. The van der Waals surface area contributed by atoms with Crippen LogP contribution < -0.4 is 0 Å². The molecule has 0 aromatic carbocycles. The van der Waals surface area contributed by atoms with Gasteiger partial charge < -0.3 is 0 Å². The van der Waals surface area contributed by atoms with E-state index in [-0.39, 0.29) is 22.3 Å². The molecule has 0 heteroatoms. The predicted molar refractivity (Wildman–Crippen MR) is 116 cm³/mol. The van der Waals surface area contributed by atoms with Gasteiger partial charge in [0.25, 0.3) is 0 Å². The second-order valence-corrected chi connectivity index (χ2v) is 9.32. The lowest BCUT2D eigenvalue weighted by Crippen LogP contribution is -2.22. The van der Waals surface area contributed by atoms with Gasteiger partial charge in [0.2, 0.25) is 0 Å². The van der Waals surface area contributed by atoms with Gasteiger partial charge in [0.05, 0.1) is 0 Å². The van der Waals surface area contributed by atoms with Crippen molar-refractivity contribution < 1.29 is 0 Å². The Labute approximate surface area is 152 Å². The van der Waals surface area contributed by atoms with Crippen molar-refractivity contribution in [3.63, 3.8) is 0 Å². The van der Waals surface area contributed by atoms with Crippen LogP contribution in [0.3, 0.4) is 0 Å². The summed E-state index contributed by atoms with van der Waals surface area (Å²) in [6.45, 7) is 30.7. The molecule has 146 valence electrons. The fourth-order valence-corrected chi connectivity index (χ4v) is 2.68. The Hall–Kier alpha value is -0.260. The van der Waals surface area contributed by atoms with Crippen LogP contribution in [0.15, 0.2) is 12.2 Å². The largest absolute Gasteiger partial charge is 0.100 e. The Balaban J connectivity index is -0.0000000778. The van der Waals surface area contributed by atoms with Crippen molar-refractivity contribution in [1.29, 1.82) is 0 Å². The van der Waals surface area contributed by atoms with Gasteiger partial charge in [0.1, 0.15) is 0 Å². The summed E-state index contributed by atoms with van der Waals surface area (Å²) in [5.74, 6) is 3.57. The van der Waals surface area contributed by atoms with E-state index < -0.39 is 0 Å². The lowest BCUT2D eigenvalue weighted by Gasteiger charge is -2.30. The Morgan fingerprint density at radius 2 is 0.870 bits per heavy atom. The summed E-state index contributed by atoms with van der Waals surface area (Å²) in [4.78, 5) is 0. The molecule has 0 amide bonds. The van der Waals surface area contributed by atoms with E-state index in [1.54, 1.807) is 0 Å². The van der Waals surface area contributed by atoms with E-state index in [4.69, 9.17) is 0 Å². The average Bonchev–Trinajstić information content (AvgIpc) is 2.31. The molecule has 0 saturated heterocycles. The Bertz CT molecular complexity index is 251. The Morgan fingerprint density at radius 1 is 0.739 bits per heavy atom. The molecule has 1 rings (SSSR count). The van der Waals surface area contributed by atoms with E-state index in [0.29, 0.717) is 10.8 Å². The van der Waals surface area contributed by atoms with Gasteiger partial charge in [-0.1, -0.05) is 97.1 Å². The van der Waals surface area contributed by atoms with E-state index in [1.807, 2.05) is 13.8 Å². The van der Waals surface area contributed by atoms with Gasteiger partial charge in [-0.2, -0.15) is 0 Å². The molecule has 1 aliphatic carbocycles. The second-order valence-electron chi connectivity index (χ2n) is 9.32. The van der Waals surface area contributed by atoms with Gasteiger partial charge >= 0.3 is 0 Å². The molecule has 1 fully saturated rings. The van der Waals surface area contributed by atoms with Gasteiger partial charge in [-0.3, -0.25) is 0 Å². The van der Waals surface area contributed by atoms with Crippen molar-refractivity contribution in [2.75, 3.05) is 0 Å². The van der Waals surface area contributed by atoms with Crippen LogP contribution in [-0.4, -0.2) is 0 Å². The van der Waals surface area contributed by atoms with E-state index in [2.05, 4.69) is 75.8 Å². The van der Waals surface area contributed by atoms with E-state index in [9.17, 15) is 0 Å². The number of hydrogen-bond donors (Lipinski definition) is 0. The molecule has 0 N–H and O–H groups in total. The van der Waals surface area contributed by atoms with Crippen LogP contribution in [0.1, 0.15) is 105 Å². The quantitative estimate of drug-likeness (QED) is 0.388. The zero-order chi connectivity index (χ0) is 16.9. The first-order chi connectivity index (χ1) is 8.62. The molecule has 0 heterocycles. The molecule has 0 aromatic heterocycles. The van der Waals surface area contributed by atoms with Gasteiger partial charge in [-0.05, 0) is 48.3 Å². The van der Waals surface area contributed by atoms with Crippen molar-refractivity contribution in [2.45, 2.75) is 105 Å². The standard InChI is InChI=1S/C11H22.C5H12.C4H8.3CH4/c1-7-8(2)10(4)11(5,6)9(7)3;1-5(2,3)4;1-4(2)3;;;/h7-10H,1-6H3;1-4H3;1H2,2-3H3;3*1H4. The third-order valence-electron chi connectivity index (χ3n) is 4.75. The molecule has 23 heavy (non-hydrogen) atoms. The molecule has 4 unspecified atom stereocenters. The molecule has 0 bridgehead atoms. The number of rotatable bonds is 0. The highest BCUT2D eigenvalue weighted by Crippen LogP contribution is 2.53. The van der Waals surface area contributed by atoms with Crippen LogP contribution in [0.4, 0.5) is 0 Å². The molecular weight excluding hydrogens is 276 g/mol. The summed E-state index contributed by atoms with van der Waals surface area (Å²) < 4.78 is 0. The smallest absolute Gasteiger partial charge is 0.0298 e. The minimum atomic E-state index is 0. The normalized spacial score (nSPS) is 27.5. The van der Waals surface area contributed by atoms with Crippen molar-refractivity contribution >= 4 is 0 Å². The highest BCUT2D eigenvalue weighted by molar-refractivity contribution is 4.95. The minimum absolute atomic E-state index is 0. The Morgan fingerprint density at radius 3 is 0.913 bits per heavy atom. The van der Waals surface area contributed by atoms with Crippen LogP contribution in [0.25, 0.3) is 0 Å². The topological polar surface area (TPSA) is 0 Å². The monoisotopic (exact) mass is 330 g/mol. The SMILES string of the molecule is C.C.C.C=C(C)C.CC(C)(C)C.CC1C(C)C(C)C(C)(C)C1C. The lowest BCUT2D eigenvalue weighted by molar-refractivity contribution is 0.193. The molecular formula is C23H54. The van der Waals surface area contributed by atoms with Crippen molar-refractivity contribution in [2.24, 2.45) is 34.5 Å². The first-order valence-electron chi connectivity index (χ1n) is 8.24. The maximum absolute atomic E-state index is 3.56. The van der Waals surface area contributed by atoms with E-state index in [1.165, 1.54) is 5.57 Å². The van der Waals surface area contributed by atoms with E-state index >= 15 is 0 Å². The van der Waals surface area contributed by atoms with E-state index in [0.717, 1.165) is 23.7 Å². The molecule has 1 saturated carbocycles. The molecule has 0 aromatic rings. The number of allylic oxidation sites excluding steroid dienone is 1. The predicted octanol–water partition coefficient (Wildman–Crippen LogP) is 9.11. The lowest BCUT2D eigenvalue weighted by atomic mass is 9.76. The molecule has 0 spiro atoms. The first kappa shape index (κ1) is 34.2. The fourth-order valence-electron chi connectivity index (χ4n) is 2.68. The van der Waals surface area contributed by atoms with Crippen LogP contribution in [0, 0.1) is 34.5 Å². The van der Waals surface area contributed by atoms with Crippen molar-refractivity contribution in [3.8, 4) is 0 Å². The molecule has 0 radical (unpaired) electrons. The maximum Gasteiger partial charge on any atom is -0.0298 e. The molecule has 4 atom stereocenters. The van der Waals surface area contributed by atoms with Crippen molar-refractivity contribution in [3.05, 3.63) is 12.2 Å². The summed E-state index contributed by atoms with van der Waals surface area (Å²) >= 11 is 0. The fraction of sp³-hybridized carbons (Fsp3) is 0.913. The van der Waals surface area contributed by atoms with Gasteiger partial charge in [0, 0.05) is 0 Å². The van der Waals surface area contributed by atoms with Crippen LogP contribution in [0.2, 0.25) is 0 Å². The summed E-state index contributed by atoms with van der Waals surface area (Å²) in [6, 6.07) is 0. The van der Waals surface area contributed by atoms with Crippen molar-refractivity contribution in [1.82, 2.24) is 0 Å². The minimum Gasteiger partial charge on any atom is -0.100 e. The van der Waals surface area contributed by atoms with Crippen LogP contribution in [-0.2, 0) is 0 Å². The summed E-state index contributed by atoms with van der Waals surface area (Å²) in [5, 5.41) is 0. The third-order valence-corrected chi connectivity index (χ3v) is 4.75. The highest BCUT2D eigenvalue weighted by Gasteiger charge is 2.46. The molecule has 1 aliphatic rings. The summed E-state index contributed by atoms with van der Waals surface area (Å²) in [6.07, 6.45) is 0. The highest BCUT2D eigenvalue weighted by atomic mass is 14.5. The first-order valence-corrected chi connectivity index (χ1v) is 8.24. The molecule has 0 aliphatic heterocycles. The maximum atomic E-state index is 3.56. The zero-order valence-corrected chi connectivity index (χ0v) is 16.5. The van der Waals surface area contributed by atoms with Gasteiger partial charge in [0.15, 0.2) is 0 Å². The van der Waals surface area contributed by atoms with Crippen LogP contribution in [0.5, 0.6) is 0 Å². The Kier molecular flexibility index (Phi) is 19.4. The average molecular weight is 331 g/mol. The number of hydrogen-bond acceptors (Lipinski definition) is 0.